The lowest BCUT2D eigenvalue weighted by Crippen LogP contribution is -2.27. The summed E-state index contributed by atoms with van der Waals surface area (Å²) in [5, 5.41) is 0. The zero-order valence-electron chi connectivity index (χ0n) is 11.5. The second-order valence-corrected chi connectivity index (χ2v) is 6.51. The fourth-order valence-corrected chi connectivity index (χ4v) is 2.52. The summed E-state index contributed by atoms with van der Waals surface area (Å²) >= 11 is 3.51. The lowest BCUT2D eigenvalue weighted by atomic mass is 9.84. The summed E-state index contributed by atoms with van der Waals surface area (Å²) in [7, 11) is 0. The van der Waals surface area contributed by atoms with Crippen molar-refractivity contribution in [2.24, 2.45) is 5.73 Å². The van der Waals surface area contributed by atoms with Crippen molar-refractivity contribution >= 4 is 15.9 Å². The van der Waals surface area contributed by atoms with Crippen molar-refractivity contribution in [3.05, 3.63) is 69.7 Å². The Hall–Kier alpha value is -1.12. The van der Waals surface area contributed by atoms with Gasteiger partial charge in [0, 0.05) is 16.4 Å². The van der Waals surface area contributed by atoms with Crippen molar-refractivity contribution in [3.8, 4) is 0 Å². The van der Waals surface area contributed by atoms with Gasteiger partial charge in [-0.25, -0.2) is 0 Å². The number of benzene rings is 2. The van der Waals surface area contributed by atoms with Crippen LogP contribution in [0.4, 0.5) is 0 Å². The van der Waals surface area contributed by atoms with Gasteiger partial charge >= 0.3 is 0 Å². The van der Waals surface area contributed by atoms with Gasteiger partial charge in [0.1, 0.15) is 0 Å². The first-order valence-corrected chi connectivity index (χ1v) is 7.34. The van der Waals surface area contributed by atoms with E-state index in [4.69, 9.17) is 5.73 Å². The fraction of sp³-hybridized carbons (Fsp3) is 0.294. The zero-order chi connectivity index (χ0) is 13.9. The Morgan fingerprint density at radius 3 is 2.26 bits per heavy atom. The number of hydrogen-bond donors (Lipinski definition) is 1. The van der Waals surface area contributed by atoms with E-state index < -0.39 is 0 Å². The molecule has 0 aliphatic heterocycles. The molecule has 0 aromatic heterocycles. The molecule has 0 spiro atoms. The minimum absolute atomic E-state index is 0.0499. The third-order valence-corrected chi connectivity index (χ3v) is 4.04. The lowest BCUT2D eigenvalue weighted by molar-refractivity contribution is 0.539. The Bertz CT molecular complexity index is 543. The predicted molar refractivity (Wildman–Crippen MR) is 85.5 cm³/mol. The topological polar surface area (TPSA) is 26.0 Å². The van der Waals surface area contributed by atoms with Crippen LogP contribution < -0.4 is 5.73 Å². The molecule has 0 heterocycles. The maximum absolute atomic E-state index is 5.81. The molecule has 0 radical (unpaired) electrons. The molecule has 2 N–H and O–H groups in total. The molecular formula is C17H20BrN. The molecule has 0 saturated carbocycles. The highest BCUT2D eigenvalue weighted by molar-refractivity contribution is 9.10. The van der Waals surface area contributed by atoms with Gasteiger partial charge in [0.15, 0.2) is 0 Å². The first-order valence-electron chi connectivity index (χ1n) is 6.55. The SMILES string of the molecule is CC(C)(CN)c1ccc(Cc2cccc(Br)c2)cc1. The summed E-state index contributed by atoms with van der Waals surface area (Å²) in [4.78, 5) is 0. The van der Waals surface area contributed by atoms with Gasteiger partial charge in [-0.3, -0.25) is 0 Å². The Kier molecular flexibility index (Phi) is 4.43. The average Bonchev–Trinajstić information content (AvgIpc) is 2.39. The molecule has 0 fully saturated rings. The van der Waals surface area contributed by atoms with E-state index in [0.29, 0.717) is 6.54 Å². The molecule has 0 unspecified atom stereocenters. The van der Waals surface area contributed by atoms with Crippen molar-refractivity contribution in [2.75, 3.05) is 6.54 Å². The number of hydrogen-bond acceptors (Lipinski definition) is 1. The minimum Gasteiger partial charge on any atom is -0.330 e. The summed E-state index contributed by atoms with van der Waals surface area (Å²) in [6, 6.07) is 17.2. The molecule has 2 heteroatoms. The molecule has 0 bridgehead atoms. The maximum atomic E-state index is 5.81. The molecule has 0 atom stereocenters. The van der Waals surface area contributed by atoms with Crippen LogP contribution in [-0.2, 0) is 11.8 Å². The molecule has 2 rings (SSSR count). The van der Waals surface area contributed by atoms with E-state index in [0.717, 1.165) is 10.9 Å². The molecule has 0 aliphatic rings. The average molecular weight is 318 g/mol. The van der Waals surface area contributed by atoms with Gasteiger partial charge in [-0.15, -0.1) is 0 Å². The van der Waals surface area contributed by atoms with Gasteiger partial charge in [-0.05, 0) is 35.2 Å². The van der Waals surface area contributed by atoms with E-state index in [1.807, 2.05) is 0 Å². The predicted octanol–water partition coefficient (Wildman–Crippen LogP) is 4.28. The number of nitrogens with two attached hydrogens (primary N) is 1. The van der Waals surface area contributed by atoms with Crippen LogP contribution in [0.5, 0.6) is 0 Å². The van der Waals surface area contributed by atoms with Crippen LogP contribution in [0.3, 0.4) is 0 Å². The molecule has 2 aromatic carbocycles. The lowest BCUT2D eigenvalue weighted by Gasteiger charge is -2.23. The van der Waals surface area contributed by atoms with Gasteiger partial charge in [-0.2, -0.15) is 0 Å². The van der Waals surface area contributed by atoms with Crippen molar-refractivity contribution in [1.82, 2.24) is 0 Å². The van der Waals surface area contributed by atoms with Crippen LogP contribution in [0.1, 0.15) is 30.5 Å². The molecule has 1 nitrogen and oxygen atoms in total. The van der Waals surface area contributed by atoms with Crippen LogP contribution in [0.25, 0.3) is 0 Å². The summed E-state index contributed by atoms with van der Waals surface area (Å²) in [6.07, 6.45) is 0.961. The van der Waals surface area contributed by atoms with E-state index in [1.165, 1.54) is 16.7 Å². The first-order chi connectivity index (χ1) is 9.01. The maximum Gasteiger partial charge on any atom is 0.0178 e. The minimum atomic E-state index is 0.0499. The van der Waals surface area contributed by atoms with Crippen LogP contribution >= 0.6 is 15.9 Å². The molecule has 0 saturated heterocycles. The Balaban J connectivity index is 2.15. The highest BCUT2D eigenvalue weighted by Crippen LogP contribution is 2.23. The summed E-state index contributed by atoms with van der Waals surface area (Å²) in [5.41, 5.74) is 9.81. The van der Waals surface area contributed by atoms with E-state index >= 15 is 0 Å². The van der Waals surface area contributed by atoms with Crippen molar-refractivity contribution in [3.63, 3.8) is 0 Å². The number of halogens is 1. The quantitative estimate of drug-likeness (QED) is 0.895. The summed E-state index contributed by atoms with van der Waals surface area (Å²) in [6.45, 7) is 5.02. The third-order valence-electron chi connectivity index (χ3n) is 3.54. The van der Waals surface area contributed by atoms with Gasteiger partial charge < -0.3 is 5.73 Å². The van der Waals surface area contributed by atoms with Crippen LogP contribution in [0.2, 0.25) is 0 Å². The van der Waals surface area contributed by atoms with Crippen molar-refractivity contribution < 1.29 is 0 Å². The van der Waals surface area contributed by atoms with E-state index in [-0.39, 0.29) is 5.41 Å². The van der Waals surface area contributed by atoms with Crippen LogP contribution in [0, 0.1) is 0 Å². The second kappa shape index (κ2) is 5.89. The Morgan fingerprint density at radius 2 is 1.68 bits per heavy atom. The van der Waals surface area contributed by atoms with E-state index in [9.17, 15) is 0 Å². The van der Waals surface area contributed by atoms with Crippen LogP contribution in [-0.4, -0.2) is 6.54 Å². The fourth-order valence-electron chi connectivity index (χ4n) is 2.07. The van der Waals surface area contributed by atoms with Gasteiger partial charge in [-0.1, -0.05) is 66.2 Å². The Morgan fingerprint density at radius 1 is 1.00 bits per heavy atom. The molecule has 100 valence electrons. The standard InChI is InChI=1S/C17H20BrN/c1-17(2,12-19)15-8-6-13(7-9-15)10-14-4-3-5-16(18)11-14/h3-9,11H,10,12,19H2,1-2H3. The summed E-state index contributed by atoms with van der Waals surface area (Å²) < 4.78 is 1.13. The number of rotatable bonds is 4. The summed E-state index contributed by atoms with van der Waals surface area (Å²) in [5.74, 6) is 0. The van der Waals surface area contributed by atoms with E-state index in [1.54, 1.807) is 0 Å². The molecular weight excluding hydrogens is 298 g/mol. The normalized spacial score (nSPS) is 11.6. The second-order valence-electron chi connectivity index (χ2n) is 5.59. The zero-order valence-corrected chi connectivity index (χ0v) is 13.1. The van der Waals surface area contributed by atoms with Crippen molar-refractivity contribution in [1.29, 1.82) is 0 Å². The Labute approximate surface area is 124 Å². The van der Waals surface area contributed by atoms with Gasteiger partial charge in [0.05, 0.1) is 0 Å². The molecule has 0 amide bonds. The molecule has 0 aliphatic carbocycles. The highest BCUT2D eigenvalue weighted by Gasteiger charge is 2.17. The van der Waals surface area contributed by atoms with E-state index in [2.05, 4.69) is 78.3 Å². The third kappa shape index (κ3) is 3.68. The van der Waals surface area contributed by atoms with Gasteiger partial charge in [0.2, 0.25) is 0 Å². The smallest absolute Gasteiger partial charge is 0.0178 e. The molecule has 19 heavy (non-hydrogen) atoms. The van der Waals surface area contributed by atoms with Crippen LogP contribution in [0.15, 0.2) is 53.0 Å². The van der Waals surface area contributed by atoms with Crippen molar-refractivity contribution in [2.45, 2.75) is 25.7 Å². The first kappa shape index (κ1) is 14.3. The van der Waals surface area contributed by atoms with Gasteiger partial charge in [0.25, 0.3) is 0 Å². The highest BCUT2D eigenvalue weighted by atomic mass is 79.9. The monoisotopic (exact) mass is 317 g/mol. The largest absolute Gasteiger partial charge is 0.330 e. The molecule has 2 aromatic rings.